The number of terminal acetylenes is 1. The van der Waals surface area contributed by atoms with Gasteiger partial charge >= 0.3 is 0 Å². The highest BCUT2D eigenvalue weighted by Crippen LogP contribution is 2.28. The predicted molar refractivity (Wildman–Crippen MR) is 53.9 cm³/mol. The van der Waals surface area contributed by atoms with Crippen molar-refractivity contribution in [3.8, 4) is 12.8 Å². The van der Waals surface area contributed by atoms with Gasteiger partial charge in [-0.1, -0.05) is 24.8 Å². The summed E-state index contributed by atoms with van der Waals surface area (Å²) < 4.78 is 0. The molecule has 0 saturated carbocycles. The van der Waals surface area contributed by atoms with Crippen LogP contribution in [-0.4, -0.2) is 6.54 Å². The smallest absolute Gasteiger partial charge is 0.0419 e. The molecule has 0 fully saturated rings. The molecule has 1 heterocycles. The molecule has 1 heteroatoms. The minimum absolute atomic E-state index is 0.902. The van der Waals surface area contributed by atoms with Gasteiger partial charge in [-0.05, 0) is 11.6 Å². The van der Waals surface area contributed by atoms with Crippen LogP contribution in [0.25, 0.3) is 5.57 Å². The standard InChI is InChI=1S/C9H9N.C2H2/c1-7-6-10-9-5-3-2-4-8(7)9;1-2/h2-5,10H,1,6H2;1-2H. The van der Waals surface area contributed by atoms with Crippen LogP contribution in [-0.2, 0) is 0 Å². The first-order valence-electron chi connectivity index (χ1n) is 3.72. The largest absolute Gasteiger partial charge is 0.380 e. The molecule has 1 aromatic carbocycles. The summed E-state index contributed by atoms with van der Waals surface area (Å²) in [6.07, 6.45) is 8.00. The Morgan fingerprint density at radius 1 is 1.25 bits per heavy atom. The van der Waals surface area contributed by atoms with E-state index in [4.69, 9.17) is 0 Å². The van der Waals surface area contributed by atoms with E-state index in [0.717, 1.165) is 6.54 Å². The molecule has 0 aromatic heterocycles. The van der Waals surface area contributed by atoms with E-state index in [1.165, 1.54) is 16.8 Å². The number of anilines is 1. The molecule has 0 unspecified atom stereocenters. The quantitative estimate of drug-likeness (QED) is 0.570. The first-order valence-corrected chi connectivity index (χ1v) is 3.72. The first-order chi connectivity index (χ1) is 5.88. The number of benzene rings is 1. The molecule has 12 heavy (non-hydrogen) atoms. The molecule has 1 N–H and O–H groups in total. The van der Waals surface area contributed by atoms with E-state index in [-0.39, 0.29) is 0 Å². The zero-order chi connectivity index (χ0) is 8.97. The van der Waals surface area contributed by atoms with Gasteiger partial charge in [0.15, 0.2) is 0 Å². The lowest BCUT2D eigenvalue weighted by molar-refractivity contribution is 1.45. The Morgan fingerprint density at radius 3 is 2.58 bits per heavy atom. The molecule has 2 rings (SSSR count). The van der Waals surface area contributed by atoms with E-state index in [2.05, 4.69) is 36.9 Å². The number of para-hydroxylation sites is 1. The molecule has 0 radical (unpaired) electrons. The van der Waals surface area contributed by atoms with Crippen molar-refractivity contribution in [2.24, 2.45) is 0 Å². The van der Waals surface area contributed by atoms with Gasteiger partial charge < -0.3 is 5.32 Å². The zero-order valence-electron chi connectivity index (χ0n) is 6.88. The van der Waals surface area contributed by atoms with Crippen LogP contribution in [0.4, 0.5) is 5.69 Å². The van der Waals surface area contributed by atoms with Gasteiger partial charge in [0.25, 0.3) is 0 Å². The molecule has 0 aliphatic carbocycles. The maximum absolute atomic E-state index is 4.00. The summed E-state index contributed by atoms with van der Waals surface area (Å²) in [5.41, 5.74) is 3.67. The Balaban J connectivity index is 0.000000336. The SMILES string of the molecule is C#C.C=C1CNc2ccccc21. The second-order valence-corrected chi connectivity index (χ2v) is 2.50. The van der Waals surface area contributed by atoms with Gasteiger partial charge in [0.2, 0.25) is 0 Å². The monoisotopic (exact) mass is 157 g/mol. The molecular formula is C11H11N. The normalized spacial score (nSPS) is 12.3. The molecule has 1 nitrogen and oxygen atoms in total. The van der Waals surface area contributed by atoms with Crippen molar-refractivity contribution in [1.29, 1.82) is 0 Å². The second kappa shape index (κ2) is 3.64. The first kappa shape index (κ1) is 8.42. The van der Waals surface area contributed by atoms with Gasteiger partial charge in [-0.2, -0.15) is 0 Å². The number of rotatable bonds is 0. The lowest BCUT2D eigenvalue weighted by atomic mass is 10.1. The van der Waals surface area contributed by atoms with Gasteiger partial charge in [0.05, 0.1) is 0 Å². The molecule has 0 saturated heterocycles. The maximum Gasteiger partial charge on any atom is 0.0419 e. The summed E-state index contributed by atoms with van der Waals surface area (Å²) in [4.78, 5) is 0. The Bertz CT molecular complexity index is 310. The van der Waals surface area contributed by atoms with E-state index in [1.54, 1.807) is 0 Å². The number of nitrogens with one attached hydrogen (secondary N) is 1. The van der Waals surface area contributed by atoms with Gasteiger partial charge in [0, 0.05) is 17.8 Å². The van der Waals surface area contributed by atoms with Gasteiger partial charge in [-0.3, -0.25) is 0 Å². The molecule has 0 amide bonds. The van der Waals surface area contributed by atoms with E-state index in [9.17, 15) is 0 Å². The molecule has 1 aliphatic heterocycles. The summed E-state index contributed by atoms with van der Waals surface area (Å²) >= 11 is 0. The van der Waals surface area contributed by atoms with Crippen LogP contribution in [0.5, 0.6) is 0 Å². The van der Waals surface area contributed by atoms with Crippen molar-refractivity contribution in [3.63, 3.8) is 0 Å². The number of hydrogen-bond donors (Lipinski definition) is 1. The minimum Gasteiger partial charge on any atom is -0.380 e. The summed E-state index contributed by atoms with van der Waals surface area (Å²) in [6, 6.07) is 8.24. The van der Waals surface area contributed by atoms with Gasteiger partial charge in [0.1, 0.15) is 0 Å². The average Bonchev–Trinajstić information content (AvgIpc) is 2.53. The van der Waals surface area contributed by atoms with E-state index in [0.29, 0.717) is 0 Å². The fourth-order valence-corrected chi connectivity index (χ4v) is 1.24. The van der Waals surface area contributed by atoms with E-state index < -0.39 is 0 Å². The summed E-state index contributed by atoms with van der Waals surface area (Å²) in [5.74, 6) is 0. The summed E-state index contributed by atoms with van der Waals surface area (Å²) in [7, 11) is 0. The highest BCUT2D eigenvalue weighted by molar-refractivity contribution is 5.82. The third-order valence-corrected chi connectivity index (χ3v) is 1.80. The molecule has 0 spiro atoms. The molecule has 0 bridgehead atoms. The number of hydrogen-bond acceptors (Lipinski definition) is 1. The van der Waals surface area contributed by atoms with Crippen molar-refractivity contribution in [3.05, 3.63) is 36.4 Å². The van der Waals surface area contributed by atoms with E-state index >= 15 is 0 Å². The molecule has 0 atom stereocenters. The second-order valence-electron chi connectivity index (χ2n) is 2.50. The van der Waals surface area contributed by atoms with Gasteiger partial charge in [-0.15, -0.1) is 12.8 Å². The fraction of sp³-hybridized carbons (Fsp3) is 0.0909. The summed E-state index contributed by atoms with van der Waals surface area (Å²) in [6.45, 7) is 4.84. The fourth-order valence-electron chi connectivity index (χ4n) is 1.24. The van der Waals surface area contributed by atoms with Gasteiger partial charge in [-0.25, -0.2) is 0 Å². The van der Waals surface area contributed by atoms with E-state index in [1.807, 2.05) is 12.1 Å². The molecule has 1 aliphatic rings. The van der Waals surface area contributed by atoms with Crippen molar-refractivity contribution in [1.82, 2.24) is 0 Å². The van der Waals surface area contributed by atoms with Crippen LogP contribution in [0.3, 0.4) is 0 Å². The van der Waals surface area contributed by atoms with Crippen LogP contribution < -0.4 is 5.32 Å². The minimum atomic E-state index is 0.902. The van der Waals surface area contributed by atoms with Crippen LogP contribution in [0.1, 0.15) is 5.56 Å². The lowest BCUT2D eigenvalue weighted by Crippen LogP contribution is -1.89. The van der Waals surface area contributed by atoms with Crippen LogP contribution in [0.2, 0.25) is 0 Å². The molecule has 1 aromatic rings. The highest BCUT2D eigenvalue weighted by Gasteiger charge is 2.10. The average molecular weight is 157 g/mol. The van der Waals surface area contributed by atoms with Crippen LogP contribution >= 0.6 is 0 Å². The third kappa shape index (κ3) is 1.33. The molecular weight excluding hydrogens is 146 g/mol. The summed E-state index contributed by atoms with van der Waals surface area (Å²) in [5, 5.41) is 3.25. The Morgan fingerprint density at radius 2 is 1.92 bits per heavy atom. The van der Waals surface area contributed by atoms with Crippen molar-refractivity contribution in [2.45, 2.75) is 0 Å². The highest BCUT2D eigenvalue weighted by atomic mass is 14.9. The van der Waals surface area contributed by atoms with Crippen molar-refractivity contribution < 1.29 is 0 Å². The lowest BCUT2D eigenvalue weighted by Gasteiger charge is -1.94. The third-order valence-electron chi connectivity index (χ3n) is 1.80. The molecule has 60 valence electrons. The zero-order valence-corrected chi connectivity index (χ0v) is 6.88. The maximum atomic E-state index is 4.00. The number of fused-ring (bicyclic) bond motifs is 1. The van der Waals surface area contributed by atoms with Crippen molar-refractivity contribution in [2.75, 3.05) is 11.9 Å². The van der Waals surface area contributed by atoms with Crippen LogP contribution in [0, 0.1) is 12.8 Å². The Kier molecular flexibility index (Phi) is 2.55. The Hall–Kier alpha value is -1.68. The Labute approximate surface area is 73.1 Å². The topological polar surface area (TPSA) is 12.0 Å². The van der Waals surface area contributed by atoms with Crippen LogP contribution in [0.15, 0.2) is 30.8 Å². The predicted octanol–water partition coefficient (Wildman–Crippen LogP) is 2.37. The van der Waals surface area contributed by atoms with Crippen molar-refractivity contribution >= 4 is 11.3 Å².